The summed E-state index contributed by atoms with van der Waals surface area (Å²) in [5.41, 5.74) is 12.7. The van der Waals surface area contributed by atoms with E-state index in [9.17, 15) is 0 Å². The predicted octanol–water partition coefficient (Wildman–Crippen LogP) is 15.2. The van der Waals surface area contributed by atoms with Crippen LogP contribution >= 0.6 is 11.3 Å². The van der Waals surface area contributed by atoms with Crippen LogP contribution in [0.4, 0.5) is 0 Å². The van der Waals surface area contributed by atoms with E-state index in [0.29, 0.717) is 0 Å². The van der Waals surface area contributed by atoms with Crippen molar-refractivity contribution in [2.75, 3.05) is 0 Å². The first-order valence-electron chi connectivity index (χ1n) is 21.4. The minimum atomic E-state index is 0.930. The Labute approximate surface area is 365 Å². The molecule has 14 aromatic rings. The number of hydrogen-bond acceptors (Lipinski definition) is 2. The number of rotatable bonds is 5. The molecule has 294 valence electrons. The molecule has 6 heteroatoms. The van der Waals surface area contributed by atoms with Gasteiger partial charge >= 0.3 is 0 Å². The monoisotopic (exact) mass is 821 g/mol. The molecular formula is C57H35N5S. The molecule has 0 bridgehead atoms. The van der Waals surface area contributed by atoms with Gasteiger partial charge in [-0.05, 0) is 109 Å². The Morgan fingerprint density at radius 2 is 0.730 bits per heavy atom. The number of para-hydroxylation sites is 5. The molecule has 5 aromatic heterocycles. The number of benzene rings is 9. The summed E-state index contributed by atoms with van der Waals surface area (Å²) in [6.45, 7) is 0. The van der Waals surface area contributed by atoms with E-state index in [0.717, 1.165) is 34.1 Å². The van der Waals surface area contributed by atoms with Gasteiger partial charge in [0, 0.05) is 93.2 Å². The van der Waals surface area contributed by atoms with Crippen LogP contribution in [-0.2, 0) is 0 Å². The molecule has 5 heterocycles. The number of imidazole rings is 1. The van der Waals surface area contributed by atoms with E-state index >= 15 is 0 Å². The maximum atomic E-state index is 4.84. The van der Waals surface area contributed by atoms with Gasteiger partial charge in [0.05, 0.1) is 33.1 Å². The average molecular weight is 822 g/mol. The van der Waals surface area contributed by atoms with Gasteiger partial charge in [-0.15, -0.1) is 11.3 Å². The zero-order valence-electron chi connectivity index (χ0n) is 33.9. The van der Waals surface area contributed by atoms with Crippen LogP contribution in [-0.4, -0.2) is 23.3 Å². The quantitative estimate of drug-likeness (QED) is 0.170. The molecule has 63 heavy (non-hydrogen) atoms. The Bertz CT molecular complexity index is 3880. The molecule has 0 aliphatic heterocycles. The van der Waals surface area contributed by atoms with E-state index in [-0.39, 0.29) is 0 Å². The smallest absolute Gasteiger partial charge is 0.144 e. The Kier molecular flexibility index (Phi) is 7.21. The predicted molar refractivity (Wildman–Crippen MR) is 265 cm³/mol. The van der Waals surface area contributed by atoms with Crippen molar-refractivity contribution in [2.24, 2.45) is 0 Å². The van der Waals surface area contributed by atoms with Gasteiger partial charge in [0.15, 0.2) is 0 Å². The maximum absolute atomic E-state index is 4.84. The van der Waals surface area contributed by atoms with Gasteiger partial charge in [-0.25, -0.2) is 4.98 Å². The lowest BCUT2D eigenvalue weighted by molar-refractivity contribution is 1.07. The molecule has 0 aliphatic rings. The topological polar surface area (TPSA) is 32.6 Å². The van der Waals surface area contributed by atoms with Crippen molar-refractivity contribution in [3.63, 3.8) is 0 Å². The van der Waals surface area contributed by atoms with Crippen LogP contribution in [0.25, 0.3) is 120 Å². The van der Waals surface area contributed by atoms with Crippen molar-refractivity contribution >= 4 is 96.9 Å². The molecule has 0 fully saturated rings. The van der Waals surface area contributed by atoms with E-state index < -0.39 is 0 Å². The second kappa shape index (κ2) is 13.2. The lowest BCUT2D eigenvalue weighted by Crippen LogP contribution is -1.96. The number of thiophene rings is 1. The highest BCUT2D eigenvalue weighted by Gasteiger charge is 2.20. The summed E-state index contributed by atoms with van der Waals surface area (Å²) in [4.78, 5) is 4.84. The Hall–Kier alpha value is -8.19. The van der Waals surface area contributed by atoms with Crippen molar-refractivity contribution in [3.05, 3.63) is 213 Å². The van der Waals surface area contributed by atoms with Crippen LogP contribution in [0.5, 0.6) is 0 Å². The van der Waals surface area contributed by atoms with Gasteiger partial charge in [-0.3, -0.25) is 4.57 Å². The summed E-state index contributed by atoms with van der Waals surface area (Å²) >= 11 is 1.84. The van der Waals surface area contributed by atoms with E-state index in [4.69, 9.17) is 4.98 Å². The van der Waals surface area contributed by atoms with Gasteiger partial charge in [0.25, 0.3) is 0 Å². The molecule has 0 saturated carbocycles. The zero-order chi connectivity index (χ0) is 41.2. The van der Waals surface area contributed by atoms with Crippen LogP contribution in [0, 0.1) is 0 Å². The third kappa shape index (κ3) is 5.01. The molecule has 0 unspecified atom stereocenters. The van der Waals surface area contributed by atoms with Gasteiger partial charge in [0.1, 0.15) is 5.82 Å². The van der Waals surface area contributed by atoms with Crippen LogP contribution in [0.3, 0.4) is 0 Å². The van der Waals surface area contributed by atoms with Crippen molar-refractivity contribution in [3.8, 4) is 34.1 Å². The number of fused-ring (bicyclic) bond motifs is 12. The van der Waals surface area contributed by atoms with Crippen LogP contribution in [0.1, 0.15) is 0 Å². The third-order valence-electron chi connectivity index (χ3n) is 13.1. The minimum absolute atomic E-state index is 0.930. The maximum Gasteiger partial charge on any atom is 0.144 e. The van der Waals surface area contributed by atoms with Gasteiger partial charge in [-0.2, -0.15) is 0 Å². The second-order valence-corrected chi connectivity index (χ2v) is 17.5. The number of nitrogens with zero attached hydrogens (tertiary/aromatic N) is 5. The van der Waals surface area contributed by atoms with Gasteiger partial charge in [-0.1, -0.05) is 91.0 Å². The first kappa shape index (κ1) is 34.5. The number of aromatic nitrogens is 5. The molecular weight excluding hydrogens is 787 g/mol. The second-order valence-electron chi connectivity index (χ2n) is 16.4. The highest BCUT2D eigenvalue weighted by Crippen LogP contribution is 2.42. The third-order valence-corrected chi connectivity index (χ3v) is 14.2. The fourth-order valence-corrected chi connectivity index (χ4v) is 11.4. The van der Waals surface area contributed by atoms with Crippen molar-refractivity contribution < 1.29 is 0 Å². The largest absolute Gasteiger partial charge is 0.309 e. The summed E-state index contributed by atoms with van der Waals surface area (Å²) in [5.74, 6) is 0.930. The molecule has 0 amide bonds. The SMILES string of the molecule is c1ccc(-n2ccnc2-c2ccc3sc4ccc(-n5c6ccc(-n7c8ccccc8c8ccccc87)cc6c6cc(-n7c8ccccc8c8ccccc87)ccc65)cc4c3c2)cc1. The normalized spacial score (nSPS) is 12.1. The van der Waals surface area contributed by atoms with Crippen molar-refractivity contribution in [2.45, 2.75) is 0 Å². The summed E-state index contributed by atoms with van der Waals surface area (Å²) in [7, 11) is 0. The summed E-state index contributed by atoms with van der Waals surface area (Å²) in [6, 6.07) is 73.3. The molecule has 0 aliphatic carbocycles. The van der Waals surface area contributed by atoms with E-state index in [2.05, 4.69) is 212 Å². The average Bonchev–Trinajstić information content (AvgIpc) is 4.17. The first-order chi connectivity index (χ1) is 31.2. The van der Waals surface area contributed by atoms with Crippen molar-refractivity contribution in [1.29, 1.82) is 0 Å². The molecule has 0 spiro atoms. The lowest BCUT2D eigenvalue weighted by atomic mass is 10.1. The molecule has 5 nitrogen and oxygen atoms in total. The molecule has 9 aromatic carbocycles. The van der Waals surface area contributed by atoms with Crippen LogP contribution < -0.4 is 0 Å². The van der Waals surface area contributed by atoms with Crippen molar-refractivity contribution in [1.82, 2.24) is 23.3 Å². The van der Waals surface area contributed by atoms with Gasteiger partial charge < -0.3 is 13.7 Å². The summed E-state index contributed by atoms with van der Waals surface area (Å²) in [6.07, 6.45) is 3.93. The van der Waals surface area contributed by atoms with Crippen LogP contribution in [0.2, 0.25) is 0 Å². The molecule has 0 radical (unpaired) electrons. The highest BCUT2D eigenvalue weighted by atomic mass is 32.1. The molecule has 14 rings (SSSR count). The Balaban J connectivity index is 1.01. The van der Waals surface area contributed by atoms with E-state index in [1.165, 1.54) is 85.6 Å². The standard InChI is InChI=1S/C57H35N5S/c1-2-12-37(13-3-1)59-31-30-58-57(59)36-22-28-55-47(32-36)48-35-40(25-29-56(48)63-55)62-53-26-23-38(60-49-18-8-4-14-41(49)42-15-5-9-19-50(42)60)33-45(53)46-34-39(24-27-54(46)62)61-51-20-10-6-16-43(51)44-17-7-11-21-52(44)61/h1-35H. The lowest BCUT2D eigenvalue weighted by Gasteiger charge is -2.11. The molecule has 0 atom stereocenters. The fraction of sp³-hybridized carbons (Fsp3) is 0. The fourth-order valence-electron chi connectivity index (χ4n) is 10.3. The minimum Gasteiger partial charge on any atom is -0.309 e. The zero-order valence-corrected chi connectivity index (χ0v) is 34.7. The van der Waals surface area contributed by atoms with E-state index in [1.54, 1.807) is 0 Å². The van der Waals surface area contributed by atoms with Crippen LogP contribution in [0.15, 0.2) is 213 Å². The first-order valence-corrected chi connectivity index (χ1v) is 22.2. The Morgan fingerprint density at radius 1 is 0.317 bits per heavy atom. The van der Waals surface area contributed by atoms with E-state index in [1.807, 2.05) is 29.8 Å². The van der Waals surface area contributed by atoms with Gasteiger partial charge in [0.2, 0.25) is 0 Å². The summed E-state index contributed by atoms with van der Waals surface area (Å²) in [5, 5.41) is 9.92. The molecule has 0 saturated heterocycles. The number of hydrogen-bond donors (Lipinski definition) is 0. The molecule has 0 N–H and O–H groups in total. The summed E-state index contributed by atoms with van der Waals surface area (Å²) < 4.78 is 12.0. The highest BCUT2D eigenvalue weighted by molar-refractivity contribution is 7.25. The Morgan fingerprint density at radius 3 is 1.25 bits per heavy atom.